The third-order valence-electron chi connectivity index (χ3n) is 2.30. The SMILES string of the molecule is O=C(O)c1cc(Cl)cc(NS(=O)(=O)NC2CC2)c1. The number of halogens is 1. The number of aromatic carboxylic acids is 1. The minimum absolute atomic E-state index is 0.0272. The largest absolute Gasteiger partial charge is 0.478 e. The van der Waals surface area contributed by atoms with Crippen LogP contribution in [0.15, 0.2) is 18.2 Å². The van der Waals surface area contributed by atoms with Crippen molar-refractivity contribution < 1.29 is 18.3 Å². The van der Waals surface area contributed by atoms with Gasteiger partial charge in [-0.15, -0.1) is 0 Å². The zero-order valence-corrected chi connectivity index (χ0v) is 10.8. The lowest BCUT2D eigenvalue weighted by molar-refractivity contribution is 0.0697. The van der Waals surface area contributed by atoms with Crippen molar-refractivity contribution in [3.8, 4) is 0 Å². The van der Waals surface area contributed by atoms with Gasteiger partial charge in [-0.2, -0.15) is 13.1 Å². The second kappa shape index (κ2) is 4.75. The van der Waals surface area contributed by atoms with Crippen molar-refractivity contribution in [2.75, 3.05) is 4.72 Å². The Morgan fingerprint density at radius 2 is 2.00 bits per heavy atom. The standard InChI is InChI=1S/C10H11ClN2O4S/c11-7-3-6(10(14)15)4-9(5-7)13-18(16,17)12-8-1-2-8/h3-5,8,12-13H,1-2H2,(H,14,15). The summed E-state index contributed by atoms with van der Waals surface area (Å²) in [4.78, 5) is 10.8. The predicted octanol–water partition coefficient (Wildman–Crippen LogP) is 1.45. The highest BCUT2D eigenvalue weighted by Crippen LogP contribution is 2.22. The normalized spacial score (nSPS) is 15.4. The molecule has 0 radical (unpaired) electrons. The molecule has 0 heterocycles. The van der Waals surface area contributed by atoms with Crippen molar-refractivity contribution >= 4 is 33.5 Å². The Morgan fingerprint density at radius 1 is 1.33 bits per heavy atom. The number of carboxylic acid groups (broad SMARTS) is 1. The summed E-state index contributed by atoms with van der Waals surface area (Å²) >= 11 is 5.72. The minimum atomic E-state index is -3.68. The number of benzene rings is 1. The first-order valence-electron chi connectivity index (χ1n) is 5.20. The molecule has 2 rings (SSSR count). The average molecular weight is 291 g/mol. The van der Waals surface area contributed by atoms with Gasteiger partial charge in [0.05, 0.1) is 11.3 Å². The molecular formula is C10H11ClN2O4S. The van der Waals surface area contributed by atoms with Crippen LogP contribution in [0.3, 0.4) is 0 Å². The van der Waals surface area contributed by atoms with Crippen LogP contribution >= 0.6 is 11.6 Å². The van der Waals surface area contributed by atoms with E-state index in [0.717, 1.165) is 12.8 Å². The maximum Gasteiger partial charge on any atom is 0.335 e. The van der Waals surface area contributed by atoms with Crippen molar-refractivity contribution in [1.29, 1.82) is 0 Å². The van der Waals surface area contributed by atoms with Gasteiger partial charge in [-0.05, 0) is 31.0 Å². The van der Waals surface area contributed by atoms with E-state index in [9.17, 15) is 13.2 Å². The van der Waals surface area contributed by atoms with Gasteiger partial charge in [0, 0.05) is 11.1 Å². The Hall–Kier alpha value is -1.31. The van der Waals surface area contributed by atoms with Crippen LogP contribution in [0.1, 0.15) is 23.2 Å². The molecule has 18 heavy (non-hydrogen) atoms. The Kier molecular flexibility index (Phi) is 3.47. The molecule has 0 aromatic heterocycles. The van der Waals surface area contributed by atoms with Crippen LogP contribution in [0, 0.1) is 0 Å². The van der Waals surface area contributed by atoms with E-state index in [1.807, 2.05) is 0 Å². The fourth-order valence-electron chi connectivity index (χ4n) is 1.38. The first-order chi connectivity index (χ1) is 8.35. The second-order valence-electron chi connectivity index (χ2n) is 4.03. The fraction of sp³-hybridized carbons (Fsp3) is 0.300. The molecule has 0 bridgehead atoms. The fourth-order valence-corrected chi connectivity index (χ4v) is 2.77. The smallest absolute Gasteiger partial charge is 0.335 e. The van der Waals surface area contributed by atoms with Gasteiger partial charge >= 0.3 is 5.97 Å². The second-order valence-corrected chi connectivity index (χ2v) is 5.91. The van der Waals surface area contributed by atoms with Gasteiger partial charge in [0.2, 0.25) is 0 Å². The molecule has 8 heteroatoms. The maximum atomic E-state index is 11.6. The van der Waals surface area contributed by atoms with Crippen molar-refractivity contribution in [3.63, 3.8) is 0 Å². The molecule has 0 unspecified atom stereocenters. The molecule has 3 N–H and O–H groups in total. The lowest BCUT2D eigenvalue weighted by atomic mass is 10.2. The molecule has 0 atom stereocenters. The van der Waals surface area contributed by atoms with Gasteiger partial charge in [-0.3, -0.25) is 4.72 Å². The van der Waals surface area contributed by atoms with Crippen LogP contribution in [0.25, 0.3) is 0 Å². The number of carboxylic acids is 1. The molecule has 0 saturated heterocycles. The molecule has 98 valence electrons. The molecule has 6 nitrogen and oxygen atoms in total. The van der Waals surface area contributed by atoms with E-state index < -0.39 is 16.2 Å². The van der Waals surface area contributed by atoms with E-state index >= 15 is 0 Å². The highest BCUT2D eigenvalue weighted by Gasteiger charge is 2.26. The highest BCUT2D eigenvalue weighted by atomic mass is 35.5. The maximum absolute atomic E-state index is 11.6. The number of rotatable bonds is 5. The third-order valence-corrected chi connectivity index (χ3v) is 3.66. The van der Waals surface area contributed by atoms with Crippen molar-refractivity contribution in [2.45, 2.75) is 18.9 Å². The summed E-state index contributed by atoms with van der Waals surface area (Å²) in [5.74, 6) is -1.17. The molecule has 1 aromatic carbocycles. The summed E-state index contributed by atoms with van der Waals surface area (Å²) in [7, 11) is -3.68. The molecular weight excluding hydrogens is 280 g/mol. The highest BCUT2D eigenvalue weighted by molar-refractivity contribution is 7.90. The van der Waals surface area contributed by atoms with Crippen molar-refractivity contribution in [3.05, 3.63) is 28.8 Å². The number of carbonyl (C=O) groups is 1. The van der Waals surface area contributed by atoms with E-state index in [-0.39, 0.29) is 22.3 Å². The molecule has 1 aliphatic carbocycles. The molecule has 0 aliphatic heterocycles. The van der Waals surface area contributed by atoms with E-state index in [0.29, 0.717) is 0 Å². The summed E-state index contributed by atoms with van der Waals surface area (Å²) in [6.45, 7) is 0. The Balaban J connectivity index is 2.20. The first-order valence-corrected chi connectivity index (χ1v) is 7.06. The molecule has 0 spiro atoms. The van der Waals surface area contributed by atoms with Gasteiger partial charge in [0.15, 0.2) is 0 Å². The summed E-state index contributed by atoms with van der Waals surface area (Å²) < 4.78 is 27.9. The Bertz CT molecular complexity index is 584. The van der Waals surface area contributed by atoms with Crippen LogP contribution in [0.4, 0.5) is 5.69 Å². The van der Waals surface area contributed by atoms with Gasteiger partial charge in [-0.1, -0.05) is 11.6 Å². The number of hydrogen-bond donors (Lipinski definition) is 3. The quantitative estimate of drug-likeness (QED) is 0.765. The van der Waals surface area contributed by atoms with Gasteiger partial charge in [0.25, 0.3) is 10.2 Å². The number of hydrogen-bond acceptors (Lipinski definition) is 3. The average Bonchev–Trinajstić information content (AvgIpc) is 2.98. The lowest BCUT2D eigenvalue weighted by Crippen LogP contribution is -2.31. The van der Waals surface area contributed by atoms with Gasteiger partial charge < -0.3 is 5.11 Å². The van der Waals surface area contributed by atoms with Crippen LogP contribution in [-0.2, 0) is 10.2 Å². The zero-order chi connectivity index (χ0) is 13.3. The molecule has 1 aromatic rings. The molecule has 1 fully saturated rings. The van der Waals surface area contributed by atoms with E-state index in [1.54, 1.807) is 0 Å². The van der Waals surface area contributed by atoms with Gasteiger partial charge in [-0.25, -0.2) is 4.79 Å². The zero-order valence-electron chi connectivity index (χ0n) is 9.18. The molecule has 1 saturated carbocycles. The molecule has 0 amide bonds. The number of nitrogens with one attached hydrogen (secondary N) is 2. The van der Waals surface area contributed by atoms with E-state index in [1.165, 1.54) is 18.2 Å². The number of anilines is 1. The summed E-state index contributed by atoms with van der Waals surface area (Å²) in [6.07, 6.45) is 1.63. The first kappa shape index (κ1) is 13.1. The van der Waals surface area contributed by atoms with E-state index in [4.69, 9.17) is 16.7 Å². The van der Waals surface area contributed by atoms with Gasteiger partial charge in [0.1, 0.15) is 0 Å². The minimum Gasteiger partial charge on any atom is -0.478 e. The predicted molar refractivity (Wildman–Crippen MR) is 67.1 cm³/mol. The van der Waals surface area contributed by atoms with Crippen molar-refractivity contribution in [2.24, 2.45) is 0 Å². The Labute approximate surface area is 109 Å². The third kappa shape index (κ3) is 3.59. The van der Waals surface area contributed by atoms with E-state index in [2.05, 4.69) is 9.44 Å². The monoisotopic (exact) mass is 290 g/mol. The molecule has 1 aliphatic rings. The lowest BCUT2D eigenvalue weighted by Gasteiger charge is -2.09. The van der Waals surface area contributed by atoms with Crippen LogP contribution in [0.5, 0.6) is 0 Å². The summed E-state index contributed by atoms with van der Waals surface area (Å²) in [5, 5.41) is 8.99. The summed E-state index contributed by atoms with van der Waals surface area (Å²) in [6, 6.07) is 3.77. The Morgan fingerprint density at radius 3 is 2.56 bits per heavy atom. The van der Waals surface area contributed by atoms with Crippen LogP contribution < -0.4 is 9.44 Å². The topological polar surface area (TPSA) is 95.5 Å². The van der Waals surface area contributed by atoms with Crippen LogP contribution in [0.2, 0.25) is 5.02 Å². The van der Waals surface area contributed by atoms with Crippen LogP contribution in [-0.4, -0.2) is 25.5 Å². The van der Waals surface area contributed by atoms with Crippen molar-refractivity contribution in [1.82, 2.24) is 4.72 Å². The summed E-state index contributed by atoms with van der Waals surface area (Å²) in [5.41, 5.74) is 0.0414.